The number of amides is 1. The van der Waals surface area contributed by atoms with Crippen LogP contribution in [0.15, 0.2) is 30.5 Å². The number of rotatable bonds is 3. The van der Waals surface area contributed by atoms with E-state index < -0.39 is 11.9 Å². The molecule has 2 aromatic rings. The third-order valence-electron chi connectivity index (χ3n) is 2.54. The summed E-state index contributed by atoms with van der Waals surface area (Å²) in [5, 5.41) is 11.6. The Labute approximate surface area is 134 Å². The van der Waals surface area contributed by atoms with Crippen molar-refractivity contribution in [3.05, 3.63) is 56.8 Å². The van der Waals surface area contributed by atoms with Gasteiger partial charge in [-0.25, -0.2) is 9.78 Å². The SMILES string of the molecule is O=C(O)c1cc(NC(=O)c2cccnc2Cl)c(Cl)cc1Cl. The Hall–Kier alpha value is -1.82. The highest BCUT2D eigenvalue weighted by molar-refractivity contribution is 6.38. The number of carbonyl (C=O) groups is 2. The number of halogens is 3. The van der Waals surface area contributed by atoms with Crippen LogP contribution in [0.1, 0.15) is 20.7 Å². The maximum atomic E-state index is 12.1. The van der Waals surface area contributed by atoms with E-state index in [1.807, 2.05) is 0 Å². The minimum Gasteiger partial charge on any atom is -0.478 e. The molecular weight excluding hydrogens is 339 g/mol. The molecule has 0 spiro atoms. The molecule has 0 bridgehead atoms. The van der Waals surface area contributed by atoms with Crippen LogP contribution in [0, 0.1) is 0 Å². The van der Waals surface area contributed by atoms with Crippen LogP contribution >= 0.6 is 34.8 Å². The largest absolute Gasteiger partial charge is 0.478 e. The van der Waals surface area contributed by atoms with E-state index in [0.717, 1.165) is 0 Å². The van der Waals surface area contributed by atoms with Crippen LogP contribution in [0.5, 0.6) is 0 Å². The summed E-state index contributed by atoms with van der Waals surface area (Å²) in [7, 11) is 0. The first kappa shape index (κ1) is 15.6. The fourth-order valence-electron chi connectivity index (χ4n) is 1.55. The number of pyridine rings is 1. The summed E-state index contributed by atoms with van der Waals surface area (Å²) < 4.78 is 0. The molecule has 1 aromatic carbocycles. The lowest BCUT2D eigenvalue weighted by molar-refractivity contribution is 0.0696. The molecule has 8 heteroatoms. The zero-order valence-corrected chi connectivity index (χ0v) is 12.5. The van der Waals surface area contributed by atoms with Crippen LogP contribution in [0.2, 0.25) is 15.2 Å². The number of aromatic carboxylic acids is 1. The van der Waals surface area contributed by atoms with Crippen molar-refractivity contribution in [1.29, 1.82) is 0 Å². The van der Waals surface area contributed by atoms with E-state index in [0.29, 0.717) is 0 Å². The molecule has 1 aromatic heterocycles. The molecule has 0 aliphatic rings. The van der Waals surface area contributed by atoms with Gasteiger partial charge in [-0.15, -0.1) is 0 Å². The molecule has 1 amide bonds. The van der Waals surface area contributed by atoms with Gasteiger partial charge in [0.05, 0.1) is 26.9 Å². The van der Waals surface area contributed by atoms with Crippen molar-refractivity contribution in [3.63, 3.8) is 0 Å². The van der Waals surface area contributed by atoms with Crippen LogP contribution < -0.4 is 5.32 Å². The number of nitrogens with one attached hydrogen (secondary N) is 1. The third kappa shape index (κ3) is 3.44. The Morgan fingerprint density at radius 1 is 1.10 bits per heavy atom. The molecule has 2 rings (SSSR count). The highest BCUT2D eigenvalue weighted by atomic mass is 35.5. The van der Waals surface area contributed by atoms with Gasteiger partial charge in [-0.2, -0.15) is 0 Å². The van der Waals surface area contributed by atoms with Gasteiger partial charge in [-0.05, 0) is 24.3 Å². The van der Waals surface area contributed by atoms with Crippen LogP contribution in [0.4, 0.5) is 5.69 Å². The molecular formula is C13H7Cl3N2O3. The zero-order valence-electron chi connectivity index (χ0n) is 10.2. The number of carboxylic acid groups (broad SMARTS) is 1. The van der Waals surface area contributed by atoms with Gasteiger partial charge in [0.25, 0.3) is 5.91 Å². The predicted octanol–water partition coefficient (Wildman–Crippen LogP) is 3.99. The van der Waals surface area contributed by atoms with Crippen molar-refractivity contribution in [1.82, 2.24) is 4.98 Å². The Morgan fingerprint density at radius 2 is 1.81 bits per heavy atom. The lowest BCUT2D eigenvalue weighted by Gasteiger charge is -2.10. The second-order valence-electron chi connectivity index (χ2n) is 3.91. The first-order valence-electron chi connectivity index (χ1n) is 5.54. The van der Waals surface area contributed by atoms with Gasteiger partial charge in [0.1, 0.15) is 5.15 Å². The number of hydrogen-bond donors (Lipinski definition) is 2. The van der Waals surface area contributed by atoms with Crippen molar-refractivity contribution in [2.75, 3.05) is 5.32 Å². The van der Waals surface area contributed by atoms with Gasteiger partial charge in [-0.3, -0.25) is 4.79 Å². The molecule has 0 saturated carbocycles. The molecule has 0 aliphatic heterocycles. The van der Waals surface area contributed by atoms with E-state index in [9.17, 15) is 9.59 Å². The second kappa shape index (κ2) is 6.30. The summed E-state index contributed by atoms with van der Waals surface area (Å²) in [4.78, 5) is 26.9. The maximum Gasteiger partial charge on any atom is 0.337 e. The fourth-order valence-corrected chi connectivity index (χ4v) is 2.27. The first-order valence-corrected chi connectivity index (χ1v) is 6.67. The summed E-state index contributed by atoms with van der Waals surface area (Å²) in [6, 6.07) is 5.45. The minimum atomic E-state index is -1.23. The van der Waals surface area contributed by atoms with Crippen molar-refractivity contribution in [2.24, 2.45) is 0 Å². The van der Waals surface area contributed by atoms with E-state index in [2.05, 4.69) is 10.3 Å². The number of anilines is 1. The average Bonchev–Trinajstić information content (AvgIpc) is 2.41. The average molecular weight is 346 g/mol. The minimum absolute atomic E-state index is 0.0232. The molecule has 0 atom stereocenters. The van der Waals surface area contributed by atoms with Crippen LogP contribution in [-0.2, 0) is 0 Å². The molecule has 5 nitrogen and oxygen atoms in total. The van der Waals surface area contributed by atoms with E-state index in [4.69, 9.17) is 39.9 Å². The summed E-state index contributed by atoms with van der Waals surface area (Å²) >= 11 is 17.5. The van der Waals surface area contributed by atoms with Crippen molar-refractivity contribution >= 4 is 52.4 Å². The third-order valence-corrected chi connectivity index (χ3v) is 3.47. The lowest BCUT2D eigenvalue weighted by atomic mass is 10.2. The van der Waals surface area contributed by atoms with Crippen molar-refractivity contribution in [3.8, 4) is 0 Å². The van der Waals surface area contributed by atoms with Crippen molar-refractivity contribution in [2.45, 2.75) is 0 Å². The number of carbonyl (C=O) groups excluding carboxylic acids is 1. The van der Waals surface area contributed by atoms with E-state index in [1.165, 1.54) is 24.4 Å². The van der Waals surface area contributed by atoms with E-state index in [-0.39, 0.29) is 32.0 Å². The van der Waals surface area contributed by atoms with Crippen LogP contribution in [-0.4, -0.2) is 22.0 Å². The van der Waals surface area contributed by atoms with Gasteiger partial charge in [0.15, 0.2) is 0 Å². The summed E-state index contributed by atoms with van der Waals surface area (Å²) in [5.74, 6) is -1.79. The van der Waals surface area contributed by atoms with Crippen LogP contribution in [0.3, 0.4) is 0 Å². The van der Waals surface area contributed by atoms with Crippen molar-refractivity contribution < 1.29 is 14.7 Å². The fraction of sp³-hybridized carbons (Fsp3) is 0. The van der Waals surface area contributed by atoms with Gasteiger partial charge >= 0.3 is 5.97 Å². The molecule has 2 N–H and O–H groups in total. The van der Waals surface area contributed by atoms with Crippen LogP contribution in [0.25, 0.3) is 0 Å². The number of nitrogens with zero attached hydrogens (tertiary/aromatic N) is 1. The molecule has 0 fully saturated rings. The molecule has 21 heavy (non-hydrogen) atoms. The molecule has 108 valence electrons. The molecule has 0 radical (unpaired) electrons. The predicted molar refractivity (Wildman–Crippen MR) is 80.6 cm³/mol. The topological polar surface area (TPSA) is 79.3 Å². The number of hydrogen-bond acceptors (Lipinski definition) is 3. The Morgan fingerprint density at radius 3 is 2.43 bits per heavy atom. The Bertz CT molecular complexity index is 735. The highest BCUT2D eigenvalue weighted by Crippen LogP contribution is 2.30. The lowest BCUT2D eigenvalue weighted by Crippen LogP contribution is -2.14. The molecule has 0 unspecified atom stereocenters. The highest BCUT2D eigenvalue weighted by Gasteiger charge is 2.16. The smallest absolute Gasteiger partial charge is 0.337 e. The van der Waals surface area contributed by atoms with E-state index in [1.54, 1.807) is 6.07 Å². The Balaban J connectivity index is 2.36. The molecule has 1 heterocycles. The summed E-state index contributed by atoms with van der Waals surface area (Å²) in [6.45, 7) is 0. The first-order chi connectivity index (χ1) is 9.90. The number of carboxylic acids is 1. The molecule has 0 aliphatic carbocycles. The summed E-state index contributed by atoms with van der Waals surface area (Å²) in [6.07, 6.45) is 1.44. The monoisotopic (exact) mass is 344 g/mol. The van der Waals surface area contributed by atoms with Gasteiger partial charge < -0.3 is 10.4 Å². The second-order valence-corrected chi connectivity index (χ2v) is 5.09. The maximum absolute atomic E-state index is 12.1. The molecule has 0 saturated heterocycles. The normalized spacial score (nSPS) is 10.2. The number of benzene rings is 1. The standard InChI is InChI=1S/C13H7Cl3N2O3/c14-8-5-9(15)10(4-7(8)13(20)21)18-12(19)6-2-1-3-17-11(6)16/h1-5H,(H,18,19)(H,20,21). The van der Waals surface area contributed by atoms with E-state index >= 15 is 0 Å². The quantitative estimate of drug-likeness (QED) is 0.824. The van der Waals surface area contributed by atoms with Gasteiger partial charge in [0.2, 0.25) is 0 Å². The Kier molecular flexibility index (Phi) is 4.67. The summed E-state index contributed by atoms with van der Waals surface area (Å²) in [5.41, 5.74) is 0.0825. The van der Waals surface area contributed by atoms with Gasteiger partial charge in [-0.1, -0.05) is 34.8 Å². The number of aromatic nitrogens is 1. The zero-order chi connectivity index (χ0) is 15.6. The van der Waals surface area contributed by atoms with Gasteiger partial charge in [0, 0.05) is 6.20 Å².